The smallest absolute Gasteiger partial charge is 0.122 e. The molecule has 84 valence electrons. The number of nitrogens with one attached hydrogen (secondary N) is 1. The van der Waals surface area contributed by atoms with Gasteiger partial charge in [-0.15, -0.1) is 0 Å². The molecular weight excluding hydrogens is 186 g/mol. The van der Waals surface area contributed by atoms with E-state index >= 15 is 0 Å². The summed E-state index contributed by atoms with van der Waals surface area (Å²) in [6.45, 7) is 4.13. The third-order valence-electron chi connectivity index (χ3n) is 2.42. The van der Waals surface area contributed by atoms with Crippen molar-refractivity contribution in [3.05, 3.63) is 29.8 Å². The number of ether oxygens (including phenoxy) is 1. The number of rotatable bonds is 6. The van der Waals surface area contributed by atoms with E-state index in [1.165, 1.54) is 23.4 Å². The van der Waals surface area contributed by atoms with Gasteiger partial charge in [0.25, 0.3) is 0 Å². The maximum Gasteiger partial charge on any atom is 0.122 e. The summed E-state index contributed by atoms with van der Waals surface area (Å²) >= 11 is 0. The Morgan fingerprint density at radius 1 is 1.13 bits per heavy atom. The van der Waals surface area contributed by atoms with E-state index in [4.69, 9.17) is 4.74 Å². The first-order chi connectivity index (χ1) is 7.20. The summed E-state index contributed by atoms with van der Waals surface area (Å²) in [5.41, 5.74) is 1.22. The molecule has 0 aliphatic rings. The van der Waals surface area contributed by atoms with E-state index in [1.54, 1.807) is 0 Å². The van der Waals surface area contributed by atoms with Crippen molar-refractivity contribution in [3.8, 4) is 5.75 Å². The van der Waals surface area contributed by atoms with Crippen LogP contribution in [-0.4, -0.2) is 27.2 Å². The van der Waals surface area contributed by atoms with Crippen LogP contribution in [0.4, 0.5) is 0 Å². The Bertz CT molecular complexity index is 284. The zero-order valence-corrected chi connectivity index (χ0v) is 10.0. The molecule has 0 aliphatic heterocycles. The molecule has 0 saturated carbocycles. The largest absolute Gasteiger partial charge is 0.493 e. The first kappa shape index (κ1) is 12.1. The second-order valence-electron chi connectivity index (χ2n) is 4.28. The van der Waals surface area contributed by atoms with Gasteiger partial charge in [-0.1, -0.05) is 18.2 Å². The van der Waals surface area contributed by atoms with Crippen molar-refractivity contribution >= 4 is 0 Å². The number of quaternary nitrogens is 1. The molecule has 0 aromatic heterocycles. The number of aryl methyl sites for hydroxylation is 1. The van der Waals surface area contributed by atoms with E-state index in [0.29, 0.717) is 0 Å². The van der Waals surface area contributed by atoms with Gasteiger partial charge in [-0.2, -0.15) is 0 Å². The Hall–Kier alpha value is -1.02. The highest BCUT2D eigenvalue weighted by Crippen LogP contribution is 2.16. The van der Waals surface area contributed by atoms with Gasteiger partial charge < -0.3 is 9.64 Å². The maximum atomic E-state index is 5.71. The zero-order chi connectivity index (χ0) is 11.1. The second-order valence-corrected chi connectivity index (χ2v) is 4.28. The van der Waals surface area contributed by atoms with Crippen LogP contribution >= 0.6 is 0 Å². The summed E-state index contributed by atoms with van der Waals surface area (Å²) in [5.74, 6) is 1.02. The second kappa shape index (κ2) is 6.46. The molecule has 1 aromatic rings. The van der Waals surface area contributed by atoms with Crippen LogP contribution in [0.2, 0.25) is 0 Å². The lowest BCUT2D eigenvalue weighted by atomic mass is 10.2. The van der Waals surface area contributed by atoms with Gasteiger partial charge in [0.1, 0.15) is 5.75 Å². The fourth-order valence-corrected chi connectivity index (χ4v) is 1.48. The van der Waals surface area contributed by atoms with Gasteiger partial charge in [-0.3, -0.25) is 0 Å². The monoisotopic (exact) mass is 208 g/mol. The number of hydrogen-bond donors (Lipinski definition) is 1. The number of hydrogen-bond acceptors (Lipinski definition) is 1. The standard InChI is InChI=1S/C13H21NO/c1-12-8-4-5-9-13(12)15-11-7-6-10-14(2)3/h4-5,8-9H,6-7,10-11H2,1-3H3/p+1. The van der Waals surface area contributed by atoms with Crippen LogP contribution < -0.4 is 9.64 Å². The highest BCUT2D eigenvalue weighted by molar-refractivity contribution is 5.31. The number of para-hydroxylation sites is 1. The summed E-state index contributed by atoms with van der Waals surface area (Å²) in [6.07, 6.45) is 2.37. The lowest BCUT2D eigenvalue weighted by molar-refractivity contribution is -0.858. The zero-order valence-electron chi connectivity index (χ0n) is 10.0. The fraction of sp³-hybridized carbons (Fsp3) is 0.538. The lowest BCUT2D eigenvalue weighted by Crippen LogP contribution is -3.05. The minimum absolute atomic E-state index is 0.831. The van der Waals surface area contributed by atoms with Crippen molar-refractivity contribution < 1.29 is 9.64 Å². The van der Waals surface area contributed by atoms with Gasteiger partial charge in [-0.05, 0) is 31.4 Å². The molecule has 0 amide bonds. The van der Waals surface area contributed by atoms with Crippen molar-refractivity contribution in [2.45, 2.75) is 19.8 Å². The van der Waals surface area contributed by atoms with Crippen molar-refractivity contribution in [2.75, 3.05) is 27.2 Å². The average molecular weight is 208 g/mol. The Morgan fingerprint density at radius 3 is 2.53 bits per heavy atom. The van der Waals surface area contributed by atoms with Crippen molar-refractivity contribution in [1.82, 2.24) is 0 Å². The molecule has 0 bridgehead atoms. The first-order valence-electron chi connectivity index (χ1n) is 5.67. The van der Waals surface area contributed by atoms with Crippen molar-refractivity contribution in [1.29, 1.82) is 0 Å². The predicted octanol–water partition coefficient (Wildman–Crippen LogP) is 1.30. The summed E-state index contributed by atoms with van der Waals surface area (Å²) in [5, 5.41) is 0. The number of benzene rings is 1. The molecule has 0 unspecified atom stereocenters. The SMILES string of the molecule is Cc1ccccc1OCCCC[NH+](C)C. The molecule has 0 fully saturated rings. The van der Waals surface area contributed by atoms with Crippen LogP contribution in [0.3, 0.4) is 0 Å². The van der Waals surface area contributed by atoms with E-state index in [-0.39, 0.29) is 0 Å². The third kappa shape index (κ3) is 4.84. The van der Waals surface area contributed by atoms with Gasteiger partial charge in [0, 0.05) is 0 Å². The molecule has 0 radical (unpaired) electrons. The van der Waals surface area contributed by atoms with Gasteiger partial charge in [-0.25, -0.2) is 0 Å². The van der Waals surface area contributed by atoms with Crippen LogP contribution in [0.5, 0.6) is 5.75 Å². The van der Waals surface area contributed by atoms with Crippen LogP contribution in [0.25, 0.3) is 0 Å². The Morgan fingerprint density at radius 2 is 1.87 bits per heavy atom. The normalized spacial score (nSPS) is 10.7. The Balaban J connectivity index is 2.18. The fourth-order valence-electron chi connectivity index (χ4n) is 1.48. The van der Waals surface area contributed by atoms with E-state index in [9.17, 15) is 0 Å². The molecule has 1 rings (SSSR count). The van der Waals surface area contributed by atoms with Crippen LogP contribution in [0.15, 0.2) is 24.3 Å². The molecule has 0 heterocycles. The molecule has 0 aliphatic carbocycles. The highest BCUT2D eigenvalue weighted by atomic mass is 16.5. The molecule has 15 heavy (non-hydrogen) atoms. The lowest BCUT2D eigenvalue weighted by Gasteiger charge is -2.09. The molecule has 2 heteroatoms. The molecule has 1 N–H and O–H groups in total. The summed E-state index contributed by atoms with van der Waals surface area (Å²) in [6, 6.07) is 8.18. The van der Waals surface area contributed by atoms with Crippen LogP contribution in [0, 0.1) is 6.92 Å². The van der Waals surface area contributed by atoms with Crippen molar-refractivity contribution in [3.63, 3.8) is 0 Å². The first-order valence-corrected chi connectivity index (χ1v) is 5.67. The van der Waals surface area contributed by atoms with Crippen LogP contribution in [-0.2, 0) is 0 Å². The van der Waals surface area contributed by atoms with Gasteiger partial charge in [0.15, 0.2) is 0 Å². The molecule has 0 saturated heterocycles. The van der Waals surface area contributed by atoms with E-state index < -0.39 is 0 Å². The summed E-state index contributed by atoms with van der Waals surface area (Å²) in [4.78, 5) is 1.51. The molecule has 0 atom stereocenters. The van der Waals surface area contributed by atoms with Gasteiger partial charge in [0.05, 0.1) is 27.2 Å². The van der Waals surface area contributed by atoms with Crippen LogP contribution in [0.1, 0.15) is 18.4 Å². The Labute approximate surface area is 92.9 Å². The van der Waals surface area contributed by atoms with Gasteiger partial charge >= 0.3 is 0 Å². The maximum absolute atomic E-state index is 5.71. The van der Waals surface area contributed by atoms with E-state index in [1.807, 2.05) is 18.2 Å². The molecular formula is C13H22NO+. The van der Waals surface area contributed by atoms with Crippen molar-refractivity contribution in [2.24, 2.45) is 0 Å². The minimum Gasteiger partial charge on any atom is -0.493 e. The molecule has 2 nitrogen and oxygen atoms in total. The minimum atomic E-state index is 0.831. The van der Waals surface area contributed by atoms with E-state index in [0.717, 1.165) is 18.8 Å². The quantitative estimate of drug-likeness (QED) is 0.696. The molecule has 1 aromatic carbocycles. The highest BCUT2D eigenvalue weighted by Gasteiger charge is 1.98. The topological polar surface area (TPSA) is 13.7 Å². The summed E-state index contributed by atoms with van der Waals surface area (Å²) < 4.78 is 5.71. The third-order valence-corrected chi connectivity index (χ3v) is 2.42. The summed E-state index contributed by atoms with van der Waals surface area (Å²) in [7, 11) is 4.37. The Kier molecular flexibility index (Phi) is 5.19. The number of unbranched alkanes of at least 4 members (excludes halogenated alkanes) is 1. The van der Waals surface area contributed by atoms with E-state index in [2.05, 4.69) is 27.1 Å². The molecule has 0 spiro atoms. The average Bonchev–Trinajstić information content (AvgIpc) is 2.20. The van der Waals surface area contributed by atoms with Gasteiger partial charge in [0.2, 0.25) is 0 Å². The predicted molar refractivity (Wildman–Crippen MR) is 63.6 cm³/mol.